The second-order valence-corrected chi connectivity index (χ2v) is 21.6. The third kappa shape index (κ3) is 54.0. The molecule has 0 radical (unpaired) electrons. The smallest absolute Gasteiger partial charge is 0.462 e. The average molecular weight is 1060 g/mol. The first-order valence-electron chi connectivity index (χ1n) is 30.2. The van der Waals surface area contributed by atoms with Gasteiger partial charge in [0.05, 0.1) is 19.8 Å². The van der Waals surface area contributed by atoms with E-state index in [0.717, 1.165) is 83.5 Å². The molecule has 3 atom stereocenters. The molecule has 0 spiro atoms. The Balaban J connectivity index is 4.74. The molecule has 0 aromatic heterocycles. The summed E-state index contributed by atoms with van der Waals surface area (Å²) in [6, 6.07) is 0. The molecule has 2 N–H and O–H groups in total. The largest absolute Gasteiger partial charge is 0.472 e. The number of unbranched alkanes of at least 4 members (excludes halogenated alkanes) is 29. The molecule has 0 saturated carbocycles. The SMILES string of the molecule is CC/C=C\C/C=C\C/C=C\C/C=C\CCC(=O)OC(CO)COP(=O)(O)OCC(COC(=O)CCCCCCC/C=C\CCCCCCCC)OC(=O)CCCCCCCCCCCCCCCCCCCCC. The van der Waals surface area contributed by atoms with Gasteiger partial charge in [0.25, 0.3) is 0 Å². The number of phosphoric ester groups is 1. The summed E-state index contributed by atoms with van der Waals surface area (Å²) in [6.07, 6.45) is 62.0. The summed E-state index contributed by atoms with van der Waals surface area (Å²) >= 11 is 0. The van der Waals surface area contributed by atoms with Gasteiger partial charge in [0, 0.05) is 19.3 Å². The number of esters is 3. The zero-order valence-electron chi connectivity index (χ0n) is 47.6. The minimum atomic E-state index is -4.77. The van der Waals surface area contributed by atoms with Crippen LogP contribution in [0.4, 0.5) is 0 Å². The van der Waals surface area contributed by atoms with E-state index >= 15 is 0 Å². The second-order valence-electron chi connectivity index (χ2n) is 20.1. The van der Waals surface area contributed by atoms with Crippen molar-refractivity contribution in [1.82, 2.24) is 0 Å². The van der Waals surface area contributed by atoms with Crippen molar-refractivity contribution in [3.63, 3.8) is 0 Å². The van der Waals surface area contributed by atoms with E-state index in [4.69, 9.17) is 23.3 Å². The maximum absolute atomic E-state index is 12.9. The third-order valence-electron chi connectivity index (χ3n) is 12.9. The number of allylic oxidation sites excluding steroid dienone is 10. The predicted octanol–water partition coefficient (Wildman–Crippen LogP) is 17.9. The molecule has 74 heavy (non-hydrogen) atoms. The fourth-order valence-electron chi connectivity index (χ4n) is 8.37. The molecule has 11 nitrogen and oxygen atoms in total. The monoisotopic (exact) mass is 1060 g/mol. The van der Waals surface area contributed by atoms with Gasteiger partial charge in [-0.25, -0.2) is 4.57 Å². The number of ether oxygens (including phenoxy) is 3. The highest BCUT2D eigenvalue weighted by molar-refractivity contribution is 7.47. The van der Waals surface area contributed by atoms with Crippen LogP contribution in [0.3, 0.4) is 0 Å². The Kier molecular flexibility index (Phi) is 54.2. The number of rotatable bonds is 56. The Morgan fingerprint density at radius 3 is 1.16 bits per heavy atom. The minimum Gasteiger partial charge on any atom is -0.462 e. The molecule has 0 aliphatic carbocycles. The Bertz CT molecular complexity index is 1470. The number of hydrogen-bond donors (Lipinski definition) is 2. The van der Waals surface area contributed by atoms with Crippen LogP contribution >= 0.6 is 7.82 Å². The summed E-state index contributed by atoms with van der Waals surface area (Å²) in [6.45, 7) is 4.47. The molecule has 3 unspecified atom stereocenters. The van der Waals surface area contributed by atoms with Crippen molar-refractivity contribution in [3.8, 4) is 0 Å². The van der Waals surface area contributed by atoms with Crippen molar-refractivity contribution in [3.05, 3.63) is 60.8 Å². The van der Waals surface area contributed by atoms with Gasteiger partial charge in [0.1, 0.15) is 12.7 Å². The maximum Gasteiger partial charge on any atom is 0.472 e. The summed E-state index contributed by atoms with van der Waals surface area (Å²) in [7, 11) is -4.77. The molecule has 0 saturated heterocycles. The molecule has 0 bridgehead atoms. The van der Waals surface area contributed by atoms with Crippen LogP contribution in [0.25, 0.3) is 0 Å². The Labute approximate surface area is 453 Å². The third-order valence-corrected chi connectivity index (χ3v) is 13.9. The van der Waals surface area contributed by atoms with Crippen LogP contribution in [0, 0.1) is 0 Å². The fourth-order valence-corrected chi connectivity index (χ4v) is 9.15. The summed E-state index contributed by atoms with van der Waals surface area (Å²) in [4.78, 5) is 48.5. The standard InChI is InChI=1S/C62H111O11P/c1-4-7-10-13-16-19-22-25-27-28-29-30-32-35-38-41-44-47-50-53-62(66)73-59(55-69-60(64)51-48-45-42-39-36-34-31-26-23-20-17-14-11-8-5-2)57-71-74(67,68)70-56-58(54-63)72-61(65)52-49-46-43-40-37-33-24-21-18-15-12-9-6-3/h9,12,18,21,26,31,33,37,43,46,58-59,63H,4-8,10-11,13-17,19-20,22-25,27-30,32,34-36,38-42,44-45,47-57H2,1-3H3,(H,67,68)/b12-9-,21-18-,31-26-,37-33-,46-43-. The molecule has 12 heteroatoms. The van der Waals surface area contributed by atoms with Gasteiger partial charge in [-0.15, -0.1) is 0 Å². The molecule has 0 heterocycles. The van der Waals surface area contributed by atoms with Gasteiger partial charge in [-0.3, -0.25) is 23.4 Å². The van der Waals surface area contributed by atoms with Crippen molar-refractivity contribution in [2.75, 3.05) is 26.4 Å². The molecule has 0 aliphatic rings. The molecule has 0 aromatic carbocycles. The van der Waals surface area contributed by atoms with E-state index in [1.54, 1.807) is 0 Å². The van der Waals surface area contributed by atoms with Gasteiger partial charge in [-0.2, -0.15) is 0 Å². The van der Waals surface area contributed by atoms with E-state index in [-0.39, 0.29) is 25.9 Å². The quantitative estimate of drug-likeness (QED) is 0.0197. The first-order valence-corrected chi connectivity index (χ1v) is 31.7. The average Bonchev–Trinajstić information content (AvgIpc) is 3.39. The summed E-state index contributed by atoms with van der Waals surface area (Å²) in [5, 5.41) is 9.80. The van der Waals surface area contributed by atoms with Gasteiger partial charge in [0.2, 0.25) is 0 Å². The van der Waals surface area contributed by atoms with Crippen LogP contribution in [0.2, 0.25) is 0 Å². The lowest BCUT2D eigenvalue weighted by atomic mass is 10.0. The van der Waals surface area contributed by atoms with Crippen molar-refractivity contribution in [1.29, 1.82) is 0 Å². The summed E-state index contributed by atoms with van der Waals surface area (Å²) in [5.74, 6) is -1.55. The highest BCUT2D eigenvalue weighted by Gasteiger charge is 2.28. The molecule has 0 amide bonds. The molecule has 430 valence electrons. The predicted molar refractivity (Wildman–Crippen MR) is 307 cm³/mol. The molecular weight excluding hydrogens is 952 g/mol. The summed E-state index contributed by atoms with van der Waals surface area (Å²) in [5.41, 5.74) is 0. The van der Waals surface area contributed by atoms with Crippen LogP contribution in [0.1, 0.15) is 278 Å². The van der Waals surface area contributed by atoms with Crippen molar-refractivity contribution >= 4 is 25.7 Å². The van der Waals surface area contributed by atoms with Gasteiger partial charge in [0.15, 0.2) is 6.10 Å². The molecule has 0 aliphatic heterocycles. The highest BCUT2D eigenvalue weighted by Crippen LogP contribution is 2.43. The van der Waals surface area contributed by atoms with E-state index in [9.17, 15) is 28.9 Å². The van der Waals surface area contributed by atoms with Gasteiger partial charge >= 0.3 is 25.7 Å². The van der Waals surface area contributed by atoms with Crippen LogP contribution in [0.15, 0.2) is 60.8 Å². The molecule has 0 aromatic rings. The Morgan fingerprint density at radius 1 is 0.392 bits per heavy atom. The van der Waals surface area contributed by atoms with Crippen LogP contribution < -0.4 is 0 Å². The number of carbonyl (C=O) groups excluding carboxylic acids is 3. The van der Waals surface area contributed by atoms with Crippen LogP contribution in [-0.2, 0) is 42.2 Å². The number of phosphoric acid groups is 1. The number of aliphatic hydroxyl groups excluding tert-OH is 1. The van der Waals surface area contributed by atoms with E-state index in [1.807, 2.05) is 12.2 Å². The van der Waals surface area contributed by atoms with E-state index < -0.39 is 57.8 Å². The van der Waals surface area contributed by atoms with Crippen LogP contribution in [0.5, 0.6) is 0 Å². The van der Waals surface area contributed by atoms with Crippen molar-refractivity contribution in [2.45, 2.75) is 290 Å². The molecule has 0 fully saturated rings. The van der Waals surface area contributed by atoms with Gasteiger partial charge in [-0.1, -0.05) is 248 Å². The number of hydrogen-bond acceptors (Lipinski definition) is 10. The van der Waals surface area contributed by atoms with E-state index in [2.05, 4.69) is 69.4 Å². The lowest BCUT2D eigenvalue weighted by Gasteiger charge is -2.21. The highest BCUT2D eigenvalue weighted by atomic mass is 31.2. The zero-order valence-corrected chi connectivity index (χ0v) is 48.5. The zero-order chi connectivity index (χ0) is 54.1. The Hall–Kier alpha value is -2.82. The number of carbonyl (C=O) groups is 3. The fraction of sp³-hybridized carbons (Fsp3) is 0.790. The Morgan fingerprint density at radius 2 is 0.730 bits per heavy atom. The topological polar surface area (TPSA) is 155 Å². The van der Waals surface area contributed by atoms with E-state index in [1.165, 1.54) is 135 Å². The lowest BCUT2D eigenvalue weighted by molar-refractivity contribution is -0.161. The van der Waals surface area contributed by atoms with Gasteiger partial charge < -0.3 is 24.2 Å². The molecule has 0 rings (SSSR count). The minimum absolute atomic E-state index is 0.0561. The number of aliphatic hydroxyl groups is 1. The summed E-state index contributed by atoms with van der Waals surface area (Å²) < 4.78 is 39.5. The first-order chi connectivity index (χ1) is 36.2. The van der Waals surface area contributed by atoms with Gasteiger partial charge in [-0.05, 0) is 70.6 Å². The molecular formula is C62H111O11P. The first kappa shape index (κ1) is 71.2. The normalized spacial score (nSPS) is 13.7. The second kappa shape index (κ2) is 56.4. The van der Waals surface area contributed by atoms with Crippen LogP contribution in [-0.4, -0.2) is 66.5 Å². The maximum atomic E-state index is 12.9. The van der Waals surface area contributed by atoms with Crippen molar-refractivity contribution in [2.24, 2.45) is 0 Å². The van der Waals surface area contributed by atoms with E-state index in [0.29, 0.717) is 19.3 Å². The lowest BCUT2D eigenvalue weighted by Crippen LogP contribution is -2.30. The van der Waals surface area contributed by atoms with Crippen molar-refractivity contribution < 1.29 is 52.2 Å².